The topological polar surface area (TPSA) is 35.0 Å². The van der Waals surface area contributed by atoms with Gasteiger partial charge in [0.1, 0.15) is 17.2 Å². The molecule has 0 unspecified atom stereocenters. The van der Waals surface area contributed by atoms with E-state index in [1.165, 1.54) is 18.5 Å². The summed E-state index contributed by atoms with van der Waals surface area (Å²) in [5, 5.41) is 1.39. The van der Waals surface area contributed by atoms with Crippen molar-refractivity contribution >= 4 is 46.4 Å². The van der Waals surface area contributed by atoms with Crippen molar-refractivity contribution in [3.63, 3.8) is 0 Å². The van der Waals surface area contributed by atoms with Crippen molar-refractivity contribution in [3.05, 3.63) is 44.2 Å². The number of nitrogens with zero attached hydrogens (tertiary/aromatic N) is 2. The lowest BCUT2D eigenvalue weighted by molar-refractivity contribution is 0.451. The highest BCUT2D eigenvalue weighted by Gasteiger charge is 2.17. The summed E-state index contributed by atoms with van der Waals surface area (Å²) in [7, 11) is 0. The van der Waals surface area contributed by atoms with E-state index in [2.05, 4.69) is 9.97 Å². The summed E-state index contributed by atoms with van der Waals surface area (Å²) in [6.07, 6.45) is 1.33. The molecular formula is C13H10Cl4N2O. The van der Waals surface area contributed by atoms with Gasteiger partial charge in [-0.05, 0) is 12.0 Å². The molecule has 1 aromatic heterocycles. The van der Waals surface area contributed by atoms with Gasteiger partial charge in [0.15, 0.2) is 0 Å². The minimum absolute atomic E-state index is 0.0975. The van der Waals surface area contributed by atoms with Gasteiger partial charge >= 0.3 is 0 Å². The Morgan fingerprint density at radius 2 is 1.60 bits per heavy atom. The molecule has 0 N–H and O–H groups in total. The maximum absolute atomic E-state index is 6.08. The van der Waals surface area contributed by atoms with E-state index < -0.39 is 0 Å². The van der Waals surface area contributed by atoms with Crippen LogP contribution in [0.5, 0.6) is 11.6 Å². The minimum Gasteiger partial charge on any atom is -0.437 e. The first-order chi connectivity index (χ1) is 9.40. The Kier molecular flexibility index (Phi) is 4.97. The third-order valence-corrected chi connectivity index (χ3v) is 3.88. The lowest BCUT2D eigenvalue weighted by atomic mass is 10.1. The fourth-order valence-electron chi connectivity index (χ4n) is 1.61. The van der Waals surface area contributed by atoms with Crippen LogP contribution in [0.25, 0.3) is 0 Å². The monoisotopic (exact) mass is 350 g/mol. The number of benzene rings is 1. The van der Waals surface area contributed by atoms with E-state index in [4.69, 9.17) is 51.1 Å². The molecule has 0 saturated heterocycles. The molecule has 0 aliphatic heterocycles. The van der Waals surface area contributed by atoms with Crippen LogP contribution in [0.15, 0.2) is 18.5 Å². The molecule has 0 aliphatic rings. The van der Waals surface area contributed by atoms with Gasteiger partial charge in [-0.3, -0.25) is 0 Å². The molecule has 0 bridgehead atoms. The zero-order chi connectivity index (χ0) is 14.9. The highest BCUT2D eigenvalue weighted by molar-refractivity contribution is 6.43. The lowest BCUT2D eigenvalue weighted by Crippen LogP contribution is -2.00. The van der Waals surface area contributed by atoms with Crippen LogP contribution in [-0.4, -0.2) is 9.97 Å². The largest absolute Gasteiger partial charge is 0.437 e. The van der Waals surface area contributed by atoms with Gasteiger partial charge in [-0.15, -0.1) is 0 Å². The fourth-order valence-corrected chi connectivity index (χ4v) is 2.53. The van der Waals surface area contributed by atoms with Crippen LogP contribution in [0.2, 0.25) is 20.2 Å². The molecule has 0 atom stereocenters. The molecule has 2 aromatic rings. The summed E-state index contributed by atoms with van der Waals surface area (Å²) in [6, 6.07) is 3.05. The Labute approximate surface area is 136 Å². The normalized spacial score (nSPS) is 10.9. The highest BCUT2D eigenvalue weighted by atomic mass is 35.5. The van der Waals surface area contributed by atoms with Crippen molar-refractivity contribution in [3.8, 4) is 11.6 Å². The first-order valence-electron chi connectivity index (χ1n) is 5.73. The molecule has 106 valence electrons. The number of hydrogen-bond acceptors (Lipinski definition) is 3. The second kappa shape index (κ2) is 6.35. The number of halogens is 4. The molecule has 20 heavy (non-hydrogen) atoms. The van der Waals surface area contributed by atoms with Crippen molar-refractivity contribution in [1.82, 2.24) is 9.97 Å². The minimum atomic E-state index is 0.0975. The maximum atomic E-state index is 6.08. The lowest BCUT2D eigenvalue weighted by Gasteiger charge is -2.14. The molecule has 0 saturated carbocycles. The van der Waals surface area contributed by atoms with Gasteiger partial charge in [0.2, 0.25) is 5.88 Å². The summed E-state index contributed by atoms with van der Waals surface area (Å²) in [5.74, 6) is 0.804. The van der Waals surface area contributed by atoms with Crippen molar-refractivity contribution in [2.45, 2.75) is 19.8 Å². The molecule has 3 nitrogen and oxygen atoms in total. The Bertz CT molecular complexity index is 647. The molecule has 1 aromatic carbocycles. The van der Waals surface area contributed by atoms with E-state index in [0.717, 1.165) is 0 Å². The number of aromatic nitrogens is 2. The number of hydrogen-bond donors (Lipinski definition) is 0. The van der Waals surface area contributed by atoms with Gasteiger partial charge in [-0.2, -0.15) is 0 Å². The molecule has 0 aliphatic carbocycles. The zero-order valence-corrected chi connectivity index (χ0v) is 13.6. The van der Waals surface area contributed by atoms with Crippen molar-refractivity contribution < 1.29 is 4.74 Å². The van der Waals surface area contributed by atoms with Crippen molar-refractivity contribution in [2.75, 3.05) is 0 Å². The standard InChI is InChI=1S/C13H10Cl4N2O/c1-6(2)11-12(17)18-5-19-13(11)20-10-4-8(15)7(14)3-9(10)16/h3-6H,1-2H3. The van der Waals surface area contributed by atoms with Gasteiger partial charge < -0.3 is 4.74 Å². The molecule has 1 heterocycles. The van der Waals surface area contributed by atoms with Crippen LogP contribution < -0.4 is 4.74 Å². The van der Waals surface area contributed by atoms with E-state index in [1.807, 2.05) is 13.8 Å². The molecular weight excluding hydrogens is 342 g/mol. The molecule has 0 amide bonds. The van der Waals surface area contributed by atoms with Crippen LogP contribution in [0.1, 0.15) is 25.3 Å². The van der Waals surface area contributed by atoms with Gasteiger partial charge in [0.05, 0.1) is 20.6 Å². The van der Waals surface area contributed by atoms with Gasteiger partial charge in [0, 0.05) is 6.07 Å². The second-order valence-electron chi connectivity index (χ2n) is 4.34. The van der Waals surface area contributed by atoms with Crippen molar-refractivity contribution in [1.29, 1.82) is 0 Å². The first kappa shape index (κ1) is 15.6. The molecule has 2 rings (SSSR count). The second-order valence-corrected chi connectivity index (χ2v) is 5.92. The van der Waals surface area contributed by atoms with E-state index in [1.54, 1.807) is 0 Å². The average molecular weight is 352 g/mol. The van der Waals surface area contributed by atoms with Crippen LogP contribution in [0, 0.1) is 0 Å². The van der Waals surface area contributed by atoms with Crippen LogP contribution in [0.4, 0.5) is 0 Å². The van der Waals surface area contributed by atoms with Gasteiger partial charge in [0.25, 0.3) is 0 Å². The molecule has 7 heteroatoms. The quantitative estimate of drug-likeness (QED) is 0.502. The zero-order valence-electron chi connectivity index (χ0n) is 10.6. The predicted molar refractivity (Wildman–Crippen MR) is 82.7 cm³/mol. The smallest absolute Gasteiger partial charge is 0.227 e. The number of rotatable bonds is 3. The summed E-state index contributed by atoms with van der Waals surface area (Å²) in [5.41, 5.74) is 0.705. The maximum Gasteiger partial charge on any atom is 0.227 e. The summed E-state index contributed by atoms with van der Waals surface area (Å²) < 4.78 is 5.71. The summed E-state index contributed by atoms with van der Waals surface area (Å²) in [4.78, 5) is 8.05. The van der Waals surface area contributed by atoms with Crippen molar-refractivity contribution in [2.24, 2.45) is 0 Å². The third-order valence-electron chi connectivity index (χ3n) is 2.56. The molecule has 0 spiro atoms. The Balaban J connectivity index is 2.45. The summed E-state index contributed by atoms with van der Waals surface area (Å²) >= 11 is 24.0. The SMILES string of the molecule is CC(C)c1c(Cl)ncnc1Oc1cc(Cl)c(Cl)cc1Cl. The van der Waals surface area contributed by atoms with E-state index >= 15 is 0 Å². The first-order valence-corrected chi connectivity index (χ1v) is 7.24. The van der Waals surface area contributed by atoms with Crippen LogP contribution >= 0.6 is 46.4 Å². The van der Waals surface area contributed by atoms with E-state index in [0.29, 0.717) is 37.4 Å². The van der Waals surface area contributed by atoms with Crippen LogP contribution in [0.3, 0.4) is 0 Å². The Hall–Kier alpha value is -0.740. The van der Waals surface area contributed by atoms with Crippen LogP contribution in [-0.2, 0) is 0 Å². The average Bonchev–Trinajstić information content (AvgIpc) is 2.35. The van der Waals surface area contributed by atoms with E-state index in [9.17, 15) is 0 Å². The molecule has 0 fully saturated rings. The predicted octanol–water partition coefficient (Wildman–Crippen LogP) is 6.01. The Morgan fingerprint density at radius 1 is 0.950 bits per heavy atom. The van der Waals surface area contributed by atoms with Gasteiger partial charge in [-0.1, -0.05) is 60.3 Å². The molecule has 0 radical (unpaired) electrons. The summed E-state index contributed by atoms with van der Waals surface area (Å²) in [6.45, 7) is 3.93. The fraction of sp³-hybridized carbons (Fsp3) is 0.231. The number of ether oxygens (including phenoxy) is 1. The third kappa shape index (κ3) is 3.29. The Morgan fingerprint density at radius 3 is 2.25 bits per heavy atom. The van der Waals surface area contributed by atoms with E-state index in [-0.39, 0.29) is 5.92 Å². The highest BCUT2D eigenvalue weighted by Crippen LogP contribution is 2.38. The van der Waals surface area contributed by atoms with Gasteiger partial charge in [-0.25, -0.2) is 9.97 Å².